The minimum absolute atomic E-state index is 0.0328. The zero-order valence-corrected chi connectivity index (χ0v) is 17.2. The van der Waals surface area contributed by atoms with Crippen LogP contribution >= 0.6 is 11.8 Å². The number of unbranched alkanes of at least 4 members (excludes halogenated alkanes) is 1. The molecule has 1 fully saturated rings. The van der Waals surface area contributed by atoms with Gasteiger partial charge in [-0.1, -0.05) is 55.8 Å². The van der Waals surface area contributed by atoms with Crippen LogP contribution in [0.15, 0.2) is 58.7 Å². The molecule has 1 atom stereocenters. The number of amides is 1. The number of nitro benzene ring substituents is 1. The van der Waals surface area contributed by atoms with Gasteiger partial charge in [-0.15, -0.1) is 5.10 Å². The number of thioether (sulfide) groups is 1. The van der Waals surface area contributed by atoms with Crippen molar-refractivity contribution in [2.24, 2.45) is 10.2 Å². The van der Waals surface area contributed by atoms with E-state index in [1.54, 1.807) is 29.2 Å². The van der Waals surface area contributed by atoms with Crippen LogP contribution in [0.1, 0.15) is 37.3 Å². The SMILES string of the molecule is CCCCC1S/C(=N\N=C\c2cccc([N+](=O)[O-])c2)N(Cc2ccc(F)cc2)C1=O. The Morgan fingerprint density at radius 3 is 2.73 bits per heavy atom. The number of nitro groups is 1. The highest BCUT2D eigenvalue weighted by Gasteiger charge is 2.37. The van der Waals surface area contributed by atoms with Crippen LogP contribution in [0.2, 0.25) is 0 Å². The van der Waals surface area contributed by atoms with Gasteiger partial charge in [0.1, 0.15) is 5.82 Å². The Morgan fingerprint density at radius 1 is 1.27 bits per heavy atom. The molecule has 30 heavy (non-hydrogen) atoms. The van der Waals surface area contributed by atoms with E-state index >= 15 is 0 Å². The highest BCUT2D eigenvalue weighted by atomic mass is 32.2. The molecule has 1 amide bonds. The number of non-ortho nitro benzene ring substituents is 1. The predicted octanol–water partition coefficient (Wildman–Crippen LogP) is 4.76. The normalized spacial score (nSPS) is 17.9. The van der Waals surface area contributed by atoms with Crippen molar-refractivity contribution in [1.82, 2.24) is 4.90 Å². The van der Waals surface area contributed by atoms with Gasteiger partial charge < -0.3 is 0 Å². The highest BCUT2D eigenvalue weighted by Crippen LogP contribution is 2.32. The molecular formula is C21H21FN4O3S. The van der Waals surface area contributed by atoms with E-state index in [0.717, 1.165) is 24.8 Å². The van der Waals surface area contributed by atoms with Gasteiger partial charge in [0.25, 0.3) is 5.69 Å². The molecule has 0 saturated carbocycles. The molecule has 9 heteroatoms. The summed E-state index contributed by atoms with van der Waals surface area (Å²) < 4.78 is 13.2. The zero-order valence-electron chi connectivity index (χ0n) is 16.4. The molecular weight excluding hydrogens is 407 g/mol. The van der Waals surface area contributed by atoms with Crippen LogP contribution in [0, 0.1) is 15.9 Å². The summed E-state index contributed by atoms with van der Waals surface area (Å²) in [5.74, 6) is -0.376. The molecule has 0 spiro atoms. The standard InChI is InChI=1S/C21H21FN4O3S/c1-2-3-7-19-20(27)25(14-15-8-10-17(22)11-9-15)21(30-19)24-23-13-16-5-4-6-18(12-16)26(28)29/h4-6,8-13,19H,2-3,7,14H2,1H3/b23-13+,24-21-. The van der Waals surface area contributed by atoms with E-state index in [0.29, 0.717) is 10.7 Å². The molecule has 1 saturated heterocycles. The Bertz CT molecular complexity index is 978. The van der Waals surface area contributed by atoms with Gasteiger partial charge in [0.05, 0.1) is 22.9 Å². The first-order valence-corrected chi connectivity index (χ1v) is 10.4. The third-order valence-electron chi connectivity index (χ3n) is 4.52. The maximum atomic E-state index is 13.2. The number of halogens is 1. The van der Waals surface area contributed by atoms with Crippen molar-refractivity contribution < 1.29 is 14.1 Å². The van der Waals surface area contributed by atoms with E-state index in [-0.39, 0.29) is 29.2 Å². The number of carbonyl (C=O) groups excluding carboxylic acids is 1. The Kier molecular flexibility index (Phi) is 7.29. The number of benzene rings is 2. The number of rotatable bonds is 8. The van der Waals surface area contributed by atoms with Crippen molar-refractivity contribution in [3.8, 4) is 0 Å². The molecule has 0 radical (unpaired) electrons. The molecule has 2 aromatic carbocycles. The molecule has 1 aliphatic heterocycles. The molecule has 0 bridgehead atoms. The number of hydrogen-bond acceptors (Lipinski definition) is 6. The van der Waals surface area contributed by atoms with Gasteiger partial charge in [0.2, 0.25) is 5.91 Å². The largest absolute Gasteiger partial charge is 0.284 e. The van der Waals surface area contributed by atoms with E-state index in [2.05, 4.69) is 17.1 Å². The molecule has 0 aromatic heterocycles. The maximum absolute atomic E-state index is 13.2. The van der Waals surface area contributed by atoms with Gasteiger partial charge >= 0.3 is 0 Å². The molecule has 156 valence electrons. The van der Waals surface area contributed by atoms with Gasteiger partial charge in [-0.3, -0.25) is 19.8 Å². The Morgan fingerprint density at radius 2 is 2.03 bits per heavy atom. The van der Waals surface area contributed by atoms with Crippen LogP contribution in [0.25, 0.3) is 0 Å². The molecule has 2 aromatic rings. The van der Waals surface area contributed by atoms with Gasteiger partial charge in [-0.05, 0) is 24.1 Å². The highest BCUT2D eigenvalue weighted by molar-refractivity contribution is 8.15. The number of amidine groups is 1. The monoisotopic (exact) mass is 428 g/mol. The van der Waals surface area contributed by atoms with Crippen LogP contribution in [0.4, 0.5) is 10.1 Å². The summed E-state index contributed by atoms with van der Waals surface area (Å²) in [6.45, 7) is 2.35. The summed E-state index contributed by atoms with van der Waals surface area (Å²) in [5.41, 5.74) is 1.29. The van der Waals surface area contributed by atoms with Crippen LogP contribution in [-0.4, -0.2) is 32.4 Å². The topological polar surface area (TPSA) is 88.2 Å². The second-order valence-corrected chi connectivity index (χ2v) is 7.95. The number of nitrogens with zero attached hydrogens (tertiary/aromatic N) is 4. The summed E-state index contributed by atoms with van der Waals surface area (Å²) in [5, 5.41) is 19.4. The molecule has 1 aliphatic rings. The number of hydrogen-bond donors (Lipinski definition) is 0. The van der Waals surface area contributed by atoms with E-state index in [9.17, 15) is 19.3 Å². The fraction of sp³-hybridized carbons (Fsp3) is 0.286. The predicted molar refractivity (Wildman–Crippen MR) is 116 cm³/mol. The van der Waals surface area contributed by atoms with Crippen LogP contribution in [0.3, 0.4) is 0 Å². The lowest BCUT2D eigenvalue weighted by atomic mass is 10.1. The van der Waals surface area contributed by atoms with Crippen molar-refractivity contribution in [3.05, 3.63) is 75.6 Å². The minimum atomic E-state index is -0.475. The Balaban J connectivity index is 1.80. The second-order valence-electron chi connectivity index (χ2n) is 6.78. The quantitative estimate of drug-likeness (QED) is 0.345. The lowest BCUT2D eigenvalue weighted by Crippen LogP contribution is -2.31. The average molecular weight is 428 g/mol. The fourth-order valence-corrected chi connectivity index (χ4v) is 4.08. The van der Waals surface area contributed by atoms with Crippen LogP contribution in [-0.2, 0) is 11.3 Å². The molecule has 3 rings (SSSR count). The van der Waals surface area contributed by atoms with E-state index in [4.69, 9.17) is 0 Å². The van der Waals surface area contributed by atoms with Crippen molar-refractivity contribution in [3.63, 3.8) is 0 Å². The summed E-state index contributed by atoms with van der Waals surface area (Å²) >= 11 is 1.36. The third kappa shape index (κ3) is 5.50. The van der Waals surface area contributed by atoms with Crippen molar-refractivity contribution in [2.45, 2.75) is 38.0 Å². The average Bonchev–Trinajstić information content (AvgIpc) is 3.03. The Labute approximate surface area is 177 Å². The number of carbonyl (C=O) groups is 1. The van der Waals surface area contributed by atoms with E-state index in [1.807, 2.05) is 0 Å². The molecule has 1 unspecified atom stereocenters. The summed E-state index contributed by atoms with van der Waals surface area (Å²) in [6.07, 6.45) is 4.08. The summed E-state index contributed by atoms with van der Waals surface area (Å²) in [7, 11) is 0. The first-order valence-electron chi connectivity index (χ1n) is 9.56. The van der Waals surface area contributed by atoms with E-state index < -0.39 is 4.92 Å². The van der Waals surface area contributed by atoms with Crippen LogP contribution in [0.5, 0.6) is 0 Å². The summed E-state index contributed by atoms with van der Waals surface area (Å²) in [6, 6.07) is 12.0. The maximum Gasteiger partial charge on any atom is 0.270 e. The summed E-state index contributed by atoms with van der Waals surface area (Å²) in [4.78, 5) is 24.8. The molecule has 0 N–H and O–H groups in total. The lowest BCUT2D eigenvalue weighted by molar-refractivity contribution is -0.384. The first-order chi connectivity index (χ1) is 14.5. The van der Waals surface area contributed by atoms with Gasteiger partial charge in [0, 0.05) is 17.7 Å². The van der Waals surface area contributed by atoms with Crippen molar-refractivity contribution in [1.29, 1.82) is 0 Å². The Hall–Kier alpha value is -3.07. The van der Waals surface area contributed by atoms with Gasteiger partial charge in [-0.25, -0.2) is 4.39 Å². The zero-order chi connectivity index (χ0) is 21.5. The van der Waals surface area contributed by atoms with Crippen molar-refractivity contribution in [2.75, 3.05) is 0 Å². The third-order valence-corrected chi connectivity index (χ3v) is 5.76. The van der Waals surface area contributed by atoms with Crippen molar-refractivity contribution >= 4 is 34.7 Å². The first kappa shape index (κ1) is 21.6. The molecule has 1 heterocycles. The molecule has 0 aliphatic carbocycles. The minimum Gasteiger partial charge on any atom is -0.284 e. The van der Waals surface area contributed by atoms with Crippen LogP contribution < -0.4 is 0 Å². The lowest BCUT2D eigenvalue weighted by Gasteiger charge is -2.15. The molecule has 7 nitrogen and oxygen atoms in total. The van der Waals surface area contributed by atoms with E-state index in [1.165, 1.54) is 42.2 Å². The second kappa shape index (κ2) is 10.1. The smallest absolute Gasteiger partial charge is 0.270 e. The van der Waals surface area contributed by atoms with Gasteiger partial charge in [-0.2, -0.15) is 5.10 Å². The fourth-order valence-electron chi connectivity index (χ4n) is 2.94. The van der Waals surface area contributed by atoms with Gasteiger partial charge in [0.15, 0.2) is 5.17 Å².